The van der Waals surface area contributed by atoms with Gasteiger partial charge in [-0.2, -0.15) is 14.9 Å². The third-order valence-corrected chi connectivity index (χ3v) is 7.78. The molecule has 4 aromatic rings. The Hall–Kier alpha value is -3.95. The van der Waals surface area contributed by atoms with Crippen molar-refractivity contribution in [1.29, 1.82) is 5.26 Å². The van der Waals surface area contributed by atoms with Gasteiger partial charge in [-0.05, 0) is 43.5 Å². The Morgan fingerprint density at radius 3 is 2.76 bits per heavy atom. The average molecular weight is 534 g/mol. The second-order valence-electron chi connectivity index (χ2n) is 8.66. The Morgan fingerprint density at radius 1 is 1.22 bits per heavy atom. The number of carbonyl (C=O) groups is 1. The van der Waals surface area contributed by atoms with Gasteiger partial charge in [0.1, 0.15) is 34.0 Å². The van der Waals surface area contributed by atoms with E-state index >= 15 is 0 Å². The lowest BCUT2D eigenvalue weighted by Crippen LogP contribution is -2.16. The van der Waals surface area contributed by atoms with Crippen molar-refractivity contribution in [2.75, 3.05) is 5.32 Å². The molecular weight excluding hydrogens is 510 g/mol. The van der Waals surface area contributed by atoms with Gasteiger partial charge in [0.25, 0.3) is 11.5 Å². The van der Waals surface area contributed by atoms with E-state index in [1.807, 2.05) is 13.0 Å². The van der Waals surface area contributed by atoms with Gasteiger partial charge in [-0.3, -0.25) is 14.9 Å². The van der Waals surface area contributed by atoms with Crippen molar-refractivity contribution in [2.45, 2.75) is 51.6 Å². The monoisotopic (exact) mass is 533 g/mol. The molecular formula is C25H23N7O3S2. The van der Waals surface area contributed by atoms with Crippen LogP contribution in [0.25, 0.3) is 11.0 Å². The topological polar surface area (TPSA) is 135 Å². The zero-order valence-corrected chi connectivity index (χ0v) is 21.6. The molecule has 0 spiro atoms. The van der Waals surface area contributed by atoms with Gasteiger partial charge in [0.05, 0.1) is 5.69 Å². The molecule has 3 heterocycles. The zero-order chi connectivity index (χ0) is 25.8. The van der Waals surface area contributed by atoms with Crippen molar-refractivity contribution >= 4 is 44.7 Å². The van der Waals surface area contributed by atoms with Crippen LogP contribution in [0.3, 0.4) is 0 Å². The van der Waals surface area contributed by atoms with E-state index < -0.39 is 5.91 Å². The van der Waals surface area contributed by atoms with Crippen LogP contribution < -0.4 is 15.6 Å². The number of aryl methyl sites for hydroxylation is 1. The van der Waals surface area contributed by atoms with Gasteiger partial charge in [-0.15, -0.1) is 10.2 Å². The largest absolute Gasteiger partial charge is 0.487 e. The van der Waals surface area contributed by atoms with Crippen LogP contribution in [-0.4, -0.2) is 30.7 Å². The summed E-state index contributed by atoms with van der Waals surface area (Å²) in [6, 6.07) is 10.3. The highest BCUT2D eigenvalue weighted by molar-refractivity contribution is 7.16. The number of nitrogens with zero attached hydrogens (tertiary/aromatic N) is 6. The summed E-state index contributed by atoms with van der Waals surface area (Å²) in [7, 11) is 0. The first-order valence-corrected chi connectivity index (χ1v) is 13.5. The molecule has 5 rings (SSSR count). The van der Waals surface area contributed by atoms with E-state index in [1.165, 1.54) is 58.6 Å². The second-order valence-corrected chi connectivity index (χ2v) is 10.8. The molecule has 0 saturated heterocycles. The number of benzene rings is 1. The van der Waals surface area contributed by atoms with E-state index in [1.54, 1.807) is 24.3 Å². The van der Waals surface area contributed by atoms with Crippen molar-refractivity contribution in [3.63, 3.8) is 0 Å². The lowest BCUT2D eigenvalue weighted by Gasteiger charge is -2.18. The lowest BCUT2D eigenvalue weighted by atomic mass is 9.90. The molecule has 1 saturated carbocycles. The molecule has 0 unspecified atom stereocenters. The Balaban J connectivity index is 1.21. The van der Waals surface area contributed by atoms with Crippen LogP contribution in [0.5, 0.6) is 5.75 Å². The van der Waals surface area contributed by atoms with Gasteiger partial charge >= 0.3 is 0 Å². The summed E-state index contributed by atoms with van der Waals surface area (Å²) in [6.07, 6.45) is 7.34. The van der Waals surface area contributed by atoms with Gasteiger partial charge in [0.2, 0.25) is 10.1 Å². The number of aromatic nitrogens is 5. The molecule has 12 heteroatoms. The molecule has 0 atom stereocenters. The molecule has 188 valence electrons. The normalized spacial score (nSPS) is 14.4. The van der Waals surface area contributed by atoms with E-state index in [9.17, 15) is 14.9 Å². The molecule has 3 aromatic heterocycles. The molecule has 1 aromatic carbocycles. The summed E-state index contributed by atoms with van der Waals surface area (Å²) in [5.74, 6) is 0.437. The van der Waals surface area contributed by atoms with E-state index in [2.05, 4.69) is 25.6 Å². The molecule has 10 nitrogen and oxygen atoms in total. The number of nitriles is 1. The highest BCUT2D eigenvalue weighted by Gasteiger charge is 2.21. The number of fused-ring (bicyclic) bond motifs is 1. The minimum Gasteiger partial charge on any atom is -0.487 e. The Kier molecular flexibility index (Phi) is 7.34. The van der Waals surface area contributed by atoms with Crippen molar-refractivity contribution < 1.29 is 9.53 Å². The predicted molar refractivity (Wildman–Crippen MR) is 141 cm³/mol. The molecule has 1 N–H and O–H groups in total. The molecule has 1 aliphatic rings. The van der Waals surface area contributed by atoms with E-state index in [0.29, 0.717) is 33.0 Å². The van der Waals surface area contributed by atoms with Crippen LogP contribution in [0, 0.1) is 18.3 Å². The smallest absolute Gasteiger partial charge is 0.275 e. The van der Waals surface area contributed by atoms with E-state index in [4.69, 9.17) is 4.74 Å². The van der Waals surface area contributed by atoms with E-state index in [0.717, 1.165) is 22.9 Å². The molecule has 37 heavy (non-hydrogen) atoms. The summed E-state index contributed by atoms with van der Waals surface area (Å²) in [4.78, 5) is 29.8. The SMILES string of the molecule is Cc1nn2c(=O)cc(COc3ccc(C=C(C#N)C(=O)Nc4nnc(C5CCCCC5)s4)cc3)nc2s1. The minimum atomic E-state index is -0.528. The molecule has 0 bridgehead atoms. The molecule has 1 aliphatic carbocycles. The van der Waals surface area contributed by atoms with Crippen LogP contribution >= 0.6 is 22.7 Å². The average Bonchev–Trinajstić information content (AvgIpc) is 3.53. The highest BCUT2D eigenvalue weighted by atomic mass is 32.1. The van der Waals surface area contributed by atoms with Crippen LogP contribution in [0.2, 0.25) is 0 Å². The molecule has 1 fully saturated rings. The third-order valence-electron chi connectivity index (χ3n) is 5.96. The minimum absolute atomic E-state index is 0.0408. The van der Waals surface area contributed by atoms with Gasteiger partial charge in [-0.1, -0.05) is 54.1 Å². The fraction of sp³-hybridized carbons (Fsp3) is 0.320. The molecule has 0 aliphatic heterocycles. The fourth-order valence-electron chi connectivity index (χ4n) is 4.12. The number of nitrogens with one attached hydrogen (secondary N) is 1. The maximum atomic E-state index is 12.7. The first-order valence-electron chi connectivity index (χ1n) is 11.8. The van der Waals surface area contributed by atoms with Gasteiger partial charge in [-0.25, -0.2) is 4.98 Å². The standard InChI is InChI=1S/C25H23N7O3S2/c1-15-31-32-21(33)12-19(27-25(32)36-15)14-35-20-9-7-16(8-10-20)11-18(13-26)22(34)28-24-30-29-23(37-24)17-5-3-2-4-6-17/h7-12,17H,2-6,14H2,1H3,(H,28,30,34). The quantitative estimate of drug-likeness (QED) is 0.271. The number of ether oxygens (including phenoxy) is 1. The maximum absolute atomic E-state index is 12.7. The van der Waals surface area contributed by atoms with E-state index in [-0.39, 0.29) is 17.7 Å². The number of hydrogen-bond acceptors (Lipinski definition) is 10. The highest BCUT2D eigenvalue weighted by Crippen LogP contribution is 2.35. The maximum Gasteiger partial charge on any atom is 0.275 e. The van der Waals surface area contributed by atoms with Crippen molar-refractivity contribution in [1.82, 2.24) is 24.8 Å². The van der Waals surface area contributed by atoms with Gasteiger partial charge < -0.3 is 4.74 Å². The van der Waals surface area contributed by atoms with Gasteiger partial charge in [0.15, 0.2) is 0 Å². The Labute approximate surface area is 220 Å². The first-order chi connectivity index (χ1) is 18.0. The van der Waals surface area contributed by atoms with Crippen molar-refractivity contribution in [3.8, 4) is 11.8 Å². The first kappa shape index (κ1) is 24.7. The molecule has 1 amide bonds. The number of amides is 1. The molecule has 0 radical (unpaired) electrons. The van der Waals surface area contributed by atoms with Crippen molar-refractivity contribution in [3.05, 3.63) is 67.5 Å². The second kappa shape index (κ2) is 11.0. The lowest BCUT2D eigenvalue weighted by molar-refractivity contribution is -0.112. The van der Waals surface area contributed by atoms with Crippen LogP contribution in [0.4, 0.5) is 5.13 Å². The number of rotatable bonds is 7. The number of anilines is 1. The van der Waals surface area contributed by atoms with Crippen LogP contribution in [0.1, 0.15) is 59.3 Å². The third kappa shape index (κ3) is 5.90. The summed E-state index contributed by atoms with van der Waals surface area (Å²) < 4.78 is 7.03. The van der Waals surface area contributed by atoms with Crippen LogP contribution in [-0.2, 0) is 11.4 Å². The van der Waals surface area contributed by atoms with Crippen LogP contribution in [0.15, 0.2) is 40.7 Å². The van der Waals surface area contributed by atoms with Crippen molar-refractivity contribution in [2.24, 2.45) is 0 Å². The Bertz CT molecular complexity index is 1560. The fourth-order valence-corrected chi connectivity index (χ4v) is 5.80. The summed E-state index contributed by atoms with van der Waals surface area (Å²) >= 11 is 2.71. The summed E-state index contributed by atoms with van der Waals surface area (Å²) in [5.41, 5.74) is 0.872. The number of hydrogen-bond donors (Lipinski definition) is 1. The Morgan fingerprint density at radius 2 is 2.00 bits per heavy atom. The summed E-state index contributed by atoms with van der Waals surface area (Å²) in [5, 5.41) is 26.8. The predicted octanol–water partition coefficient (Wildman–Crippen LogP) is 4.48. The van der Waals surface area contributed by atoms with Gasteiger partial charge in [0, 0.05) is 12.0 Å². The summed E-state index contributed by atoms with van der Waals surface area (Å²) in [6.45, 7) is 1.94. The number of carbonyl (C=O) groups excluding carboxylic acids is 1. The zero-order valence-electron chi connectivity index (χ0n) is 20.0.